The molecule has 0 saturated carbocycles. The van der Waals surface area contributed by atoms with Gasteiger partial charge in [0.2, 0.25) is 0 Å². The smallest absolute Gasteiger partial charge is 0.311 e. The van der Waals surface area contributed by atoms with E-state index in [0.717, 1.165) is 18.4 Å². The van der Waals surface area contributed by atoms with Crippen LogP contribution in [0.1, 0.15) is 53.0 Å². The Morgan fingerprint density at radius 3 is 2.44 bits per heavy atom. The molecule has 144 valence electrons. The number of carbonyl (C=O) groups is 1. The van der Waals surface area contributed by atoms with E-state index in [1.807, 2.05) is 25.1 Å². The van der Waals surface area contributed by atoms with E-state index in [1.165, 1.54) is 11.1 Å². The Bertz CT molecular complexity index is 801. The predicted octanol–water partition coefficient (Wildman–Crippen LogP) is 6.37. The van der Waals surface area contributed by atoms with Crippen LogP contribution in [0, 0.1) is 28.6 Å². The maximum Gasteiger partial charge on any atom is 0.311 e. The fraction of sp³-hybridized carbons (Fsp3) is 0.480. The Balaban J connectivity index is 2.20. The second-order valence-corrected chi connectivity index (χ2v) is 8.49. The lowest BCUT2D eigenvalue weighted by Crippen LogP contribution is -2.54. The second kappa shape index (κ2) is 7.14. The zero-order valence-electron chi connectivity index (χ0n) is 17.2. The first-order valence-electron chi connectivity index (χ1n) is 10.2. The lowest BCUT2D eigenvalue weighted by molar-refractivity contribution is -0.159. The molecule has 27 heavy (non-hydrogen) atoms. The summed E-state index contributed by atoms with van der Waals surface area (Å²) in [5.74, 6) is 0.0633. The highest BCUT2D eigenvalue weighted by Crippen LogP contribution is 2.63. The van der Waals surface area contributed by atoms with Crippen LogP contribution in [-0.4, -0.2) is 11.1 Å². The Labute approximate surface area is 163 Å². The van der Waals surface area contributed by atoms with Crippen LogP contribution in [0.15, 0.2) is 59.7 Å². The molecule has 0 unspecified atom stereocenters. The van der Waals surface area contributed by atoms with Crippen molar-refractivity contribution in [2.45, 2.75) is 47.5 Å². The van der Waals surface area contributed by atoms with Gasteiger partial charge >= 0.3 is 5.97 Å². The number of allylic oxidation sites excluding steroid dienone is 5. The molecule has 5 atom stereocenters. The molecule has 0 bridgehead atoms. The van der Waals surface area contributed by atoms with Gasteiger partial charge in [-0.05, 0) is 44.1 Å². The molecule has 0 fully saturated rings. The van der Waals surface area contributed by atoms with E-state index in [1.54, 1.807) is 0 Å². The summed E-state index contributed by atoms with van der Waals surface area (Å²) >= 11 is 0. The molecule has 2 aliphatic rings. The zero-order valence-corrected chi connectivity index (χ0v) is 17.2. The van der Waals surface area contributed by atoms with E-state index < -0.39 is 16.8 Å². The van der Waals surface area contributed by atoms with Crippen molar-refractivity contribution in [3.63, 3.8) is 0 Å². The standard InChI is InChI=1S/C25H32O2/c1-6-20-15-17(3)21-18(4)16-25(7-2,24(5,22(20)21)23(26)27)14-13-19-11-9-8-10-12-19/h8-17,21-22H,6-7H2,1-5H3,(H,26,27)/b14-13+/t17-,21-,22+,24+,25+/m1/s1. The molecule has 0 saturated heterocycles. The molecular formula is C25H32O2. The van der Waals surface area contributed by atoms with Gasteiger partial charge in [0.15, 0.2) is 0 Å². The molecule has 0 heterocycles. The summed E-state index contributed by atoms with van der Waals surface area (Å²) in [4.78, 5) is 12.8. The molecule has 2 heteroatoms. The summed E-state index contributed by atoms with van der Waals surface area (Å²) in [5, 5.41) is 10.5. The number of hydrogen-bond donors (Lipinski definition) is 1. The molecule has 1 aromatic rings. The topological polar surface area (TPSA) is 37.3 Å². The minimum Gasteiger partial charge on any atom is -0.481 e. The van der Waals surface area contributed by atoms with E-state index in [9.17, 15) is 9.90 Å². The number of carboxylic acids is 1. The van der Waals surface area contributed by atoms with Crippen molar-refractivity contribution >= 4 is 12.0 Å². The van der Waals surface area contributed by atoms with Crippen LogP contribution in [0.2, 0.25) is 0 Å². The third-order valence-corrected chi connectivity index (χ3v) is 7.21. The van der Waals surface area contributed by atoms with Gasteiger partial charge in [-0.2, -0.15) is 0 Å². The summed E-state index contributed by atoms with van der Waals surface area (Å²) in [6.45, 7) is 10.7. The van der Waals surface area contributed by atoms with Crippen molar-refractivity contribution in [3.8, 4) is 0 Å². The first kappa shape index (κ1) is 19.7. The number of rotatable bonds is 5. The normalized spacial score (nSPS) is 35.7. The highest BCUT2D eigenvalue weighted by atomic mass is 16.4. The first-order chi connectivity index (χ1) is 12.8. The second-order valence-electron chi connectivity index (χ2n) is 8.49. The Morgan fingerprint density at radius 2 is 1.89 bits per heavy atom. The summed E-state index contributed by atoms with van der Waals surface area (Å²) in [7, 11) is 0. The molecular weight excluding hydrogens is 332 g/mol. The van der Waals surface area contributed by atoms with Crippen molar-refractivity contribution < 1.29 is 9.90 Å². The van der Waals surface area contributed by atoms with Crippen LogP contribution in [-0.2, 0) is 4.79 Å². The molecule has 0 aliphatic heterocycles. The van der Waals surface area contributed by atoms with Crippen molar-refractivity contribution in [1.29, 1.82) is 0 Å². The van der Waals surface area contributed by atoms with Crippen molar-refractivity contribution in [3.05, 3.63) is 65.3 Å². The summed E-state index contributed by atoms with van der Waals surface area (Å²) in [6.07, 6.45) is 10.6. The zero-order chi connectivity index (χ0) is 19.8. The van der Waals surface area contributed by atoms with Gasteiger partial charge in [0.1, 0.15) is 0 Å². The van der Waals surface area contributed by atoms with Gasteiger partial charge in [-0.1, -0.05) is 86.6 Å². The molecule has 2 aliphatic carbocycles. The van der Waals surface area contributed by atoms with E-state index in [-0.39, 0.29) is 5.92 Å². The van der Waals surface area contributed by atoms with Gasteiger partial charge in [-0.3, -0.25) is 4.79 Å². The summed E-state index contributed by atoms with van der Waals surface area (Å²) in [6, 6.07) is 10.2. The quantitative estimate of drug-likeness (QED) is 0.617. The number of benzene rings is 1. The molecule has 1 N–H and O–H groups in total. The van der Waals surface area contributed by atoms with Crippen LogP contribution < -0.4 is 0 Å². The summed E-state index contributed by atoms with van der Waals surface area (Å²) in [5.41, 5.74) is 2.40. The molecule has 0 spiro atoms. The first-order valence-corrected chi connectivity index (χ1v) is 10.2. The minimum atomic E-state index is -0.857. The fourth-order valence-corrected chi connectivity index (χ4v) is 5.72. The van der Waals surface area contributed by atoms with Crippen LogP contribution in [0.3, 0.4) is 0 Å². The van der Waals surface area contributed by atoms with Crippen LogP contribution in [0.4, 0.5) is 0 Å². The van der Waals surface area contributed by atoms with E-state index in [0.29, 0.717) is 11.8 Å². The van der Waals surface area contributed by atoms with Gasteiger partial charge in [0.25, 0.3) is 0 Å². The van der Waals surface area contributed by atoms with Crippen LogP contribution in [0.5, 0.6) is 0 Å². The number of carboxylic acid groups (broad SMARTS) is 1. The average Bonchev–Trinajstić information content (AvgIpc) is 3.01. The number of aliphatic carboxylic acids is 1. The van der Waals surface area contributed by atoms with Crippen molar-refractivity contribution in [2.24, 2.45) is 28.6 Å². The number of hydrogen-bond acceptors (Lipinski definition) is 1. The largest absolute Gasteiger partial charge is 0.481 e. The maximum atomic E-state index is 12.8. The Hall–Kier alpha value is -2.09. The Kier molecular flexibility index (Phi) is 5.20. The summed E-state index contributed by atoms with van der Waals surface area (Å²) < 4.78 is 0. The molecule has 1 aromatic carbocycles. The average molecular weight is 365 g/mol. The van der Waals surface area contributed by atoms with Gasteiger partial charge in [0, 0.05) is 11.3 Å². The lowest BCUT2D eigenvalue weighted by atomic mass is 9.48. The van der Waals surface area contributed by atoms with Crippen molar-refractivity contribution in [1.82, 2.24) is 0 Å². The lowest BCUT2D eigenvalue weighted by Gasteiger charge is -2.53. The Morgan fingerprint density at radius 1 is 1.22 bits per heavy atom. The van der Waals surface area contributed by atoms with Gasteiger partial charge in [-0.15, -0.1) is 0 Å². The maximum absolute atomic E-state index is 12.8. The van der Waals surface area contributed by atoms with Gasteiger partial charge in [-0.25, -0.2) is 0 Å². The highest BCUT2D eigenvalue weighted by molar-refractivity contribution is 5.79. The SMILES string of the molecule is CCC1=C[C@@H](C)[C@@H]2C(C)=C[C@@](/C=C/c3ccccc3)(CC)[C@](C)(C(=O)O)[C@@H]12. The van der Waals surface area contributed by atoms with Crippen molar-refractivity contribution in [2.75, 3.05) is 0 Å². The third-order valence-electron chi connectivity index (χ3n) is 7.21. The van der Waals surface area contributed by atoms with Gasteiger partial charge < -0.3 is 5.11 Å². The monoisotopic (exact) mass is 364 g/mol. The molecule has 0 aromatic heterocycles. The fourth-order valence-electron chi connectivity index (χ4n) is 5.72. The number of fused-ring (bicyclic) bond motifs is 1. The molecule has 2 nitrogen and oxygen atoms in total. The van der Waals surface area contributed by atoms with E-state index in [4.69, 9.17) is 0 Å². The van der Waals surface area contributed by atoms with E-state index in [2.05, 4.69) is 64.1 Å². The third kappa shape index (κ3) is 2.90. The van der Waals surface area contributed by atoms with Crippen LogP contribution in [0.25, 0.3) is 6.08 Å². The molecule has 3 rings (SSSR count). The van der Waals surface area contributed by atoms with Crippen LogP contribution >= 0.6 is 0 Å². The van der Waals surface area contributed by atoms with Gasteiger partial charge in [0.05, 0.1) is 5.41 Å². The van der Waals surface area contributed by atoms with E-state index >= 15 is 0 Å². The highest BCUT2D eigenvalue weighted by Gasteiger charge is 2.61. The predicted molar refractivity (Wildman–Crippen MR) is 112 cm³/mol. The minimum absolute atomic E-state index is 0.0559. The molecule has 0 radical (unpaired) electrons. The molecule has 0 amide bonds.